The third-order valence-corrected chi connectivity index (χ3v) is 5.70. The summed E-state index contributed by atoms with van der Waals surface area (Å²) in [5.41, 5.74) is 4.33. The summed E-state index contributed by atoms with van der Waals surface area (Å²) in [5.74, 6) is -0.943. The highest BCUT2D eigenvalue weighted by Gasteiger charge is 2.20. The number of nitrogens with zero attached hydrogens (tertiary/aromatic N) is 3. The van der Waals surface area contributed by atoms with Gasteiger partial charge in [0, 0.05) is 31.9 Å². The van der Waals surface area contributed by atoms with E-state index in [1.165, 1.54) is 37.4 Å². The third-order valence-electron chi connectivity index (χ3n) is 5.70. The van der Waals surface area contributed by atoms with E-state index in [0.717, 1.165) is 30.0 Å². The molecule has 2 aromatic rings. The van der Waals surface area contributed by atoms with Gasteiger partial charge in [-0.05, 0) is 57.4 Å². The van der Waals surface area contributed by atoms with Crippen molar-refractivity contribution < 1.29 is 14.3 Å². The van der Waals surface area contributed by atoms with Crippen LogP contribution >= 0.6 is 0 Å². The second-order valence-corrected chi connectivity index (χ2v) is 8.06. The van der Waals surface area contributed by atoms with E-state index >= 15 is 0 Å². The number of aromatic nitrogens is 2. The van der Waals surface area contributed by atoms with Gasteiger partial charge in [-0.2, -0.15) is 5.10 Å². The van der Waals surface area contributed by atoms with Crippen LogP contribution in [0.25, 0.3) is 6.08 Å². The number of nitrogens with one attached hydrogen (secondary N) is 1. The molecule has 1 amide bonds. The number of hydrogen-bond donors (Lipinski definition) is 1. The Morgan fingerprint density at radius 3 is 2.32 bits per heavy atom. The highest BCUT2D eigenvalue weighted by molar-refractivity contribution is 5.97. The first-order chi connectivity index (χ1) is 14.8. The largest absolute Gasteiger partial charge is 0.449 e. The summed E-state index contributed by atoms with van der Waals surface area (Å²) in [6.07, 6.45) is 7.22. The highest BCUT2D eigenvalue weighted by Crippen LogP contribution is 2.21. The molecule has 7 heteroatoms. The van der Waals surface area contributed by atoms with Gasteiger partial charge in [-0.25, -0.2) is 4.79 Å². The van der Waals surface area contributed by atoms with E-state index in [0.29, 0.717) is 5.69 Å². The smallest absolute Gasteiger partial charge is 0.331 e. The minimum Gasteiger partial charge on any atom is -0.449 e. The zero-order valence-corrected chi connectivity index (χ0v) is 18.9. The summed E-state index contributed by atoms with van der Waals surface area (Å²) in [7, 11) is 1.81. The maximum atomic E-state index is 12.4. The molecule has 1 saturated heterocycles. The summed E-state index contributed by atoms with van der Waals surface area (Å²) in [6.45, 7) is 7.44. The van der Waals surface area contributed by atoms with Gasteiger partial charge in [-0.3, -0.25) is 9.48 Å². The van der Waals surface area contributed by atoms with Crippen LogP contribution in [0.1, 0.15) is 49.6 Å². The molecule has 1 fully saturated rings. The lowest BCUT2D eigenvalue weighted by atomic mass is 10.1. The number of anilines is 2. The molecule has 1 aromatic carbocycles. The summed E-state index contributed by atoms with van der Waals surface area (Å²) in [6, 6.07) is 8.16. The Morgan fingerprint density at radius 1 is 1.10 bits per heavy atom. The quantitative estimate of drug-likeness (QED) is 0.560. The summed E-state index contributed by atoms with van der Waals surface area (Å²) >= 11 is 0. The lowest BCUT2D eigenvalue weighted by Gasteiger charge is -2.22. The molecule has 0 radical (unpaired) electrons. The lowest BCUT2D eigenvalue weighted by molar-refractivity contribution is -0.148. The van der Waals surface area contributed by atoms with Crippen LogP contribution in [0.4, 0.5) is 11.4 Å². The number of amides is 1. The molecule has 0 aliphatic carbocycles. The van der Waals surface area contributed by atoms with Crippen LogP contribution in [-0.2, 0) is 21.4 Å². The molecule has 1 aromatic heterocycles. The van der Waals surface area contributed by atoms with Crippen molar-refractivity contribution in [2.45, 2.75) is 52.6 Å². The van der Waals surface area contributed by atoms with Gasteiger partial charge in [0.05, 0.1) is 17.1 Å². The Hall–Kier alpha value is -3.09. The Labute approximate surface area is 184 Å². The number of benzene rings is 1. The minimum absolute atomic E-state index is 0.386. The standard InChI is InChI=1S/C24H32N4O3/c1-17-23(18(2)27(4)26-17)25-24(30)19(3)31-22(29)14-11-20-9-12-21(13-10-20)28-15-7-5-6-8-16-28/h9-14,19H,5-8,15-16H2,1-4H3,(H,25,30)/b14-11+/t19-/m0/s1. The van der Waals surface area contributed by atoms with E-state index in [-0.39, 0.29) is 5.91 Å². The van der Waals surface area contributed by atoms with Crippen molar-refractivity contribution in [1.82, 2.24) is 9.78 Å². The minimum atomic E-state index is -0.915. The Kier molecular flexibility index (Phi) is 7.50. The van der Waals surface area contributed by atoms with Crippen LogP contribution in [0.2, 0.25) is 0 Å². The number of aryl methyl sites for hydroxylation is 2. The van der Waals surface area contributed by atoms with Gasteiger partial charge in [0.1, 0.15) is 0 Å². The van der Waals surface area contributed by atoms with Crippen LogP contribution in [0.3, 0.4) is 0 Å². The Bertz CT molecular complexity index is 938. The van der Waals surface area contributed by atoms with Crippen molar-refractivity contribution in [1.29, 1.82) is 0 Å². The topological polar surface area (TPSA) is 76.5 Å². The molecular weight excluding hydrogens is 392 g/mol. The van der Waals surface area contributed by atoms with E-state index in [9.17, 15) is 9.59 Å². The van der Waals surface area contributed by atoms with Gasteiger partial charge >= 0.3 is 5.97 Å². The Morgan fingerprint density at radius 2 is 1.74 bits per heavy atom. The molecule has 1 N–H and O–H groups in total. The van der Waals surface area contributed by atoms with Crippen LogP contribution in [0.15, 0.2) is 30.3 Å². The third kappa shape index (κ3) is 5.96. The molecule has 166 valence electrons. The number of carbonyl (C=O) groups excluding carboxylic acids is 2. The molecule has 7 nitrogen and oxygen atoms in total. The average molecular weight is 425 g/mol. The van der Waals surface area contributed by atoms with Gasteiger partial charge in [0.25, 0.3) is 5.91 Å². The van der Waals surface area contributed by atoms with Crippen molar-refractivity contribution in [2.24, 2.45) is 7.05 Å². The predicted molar refractivity (Wildman–Crippen MR) is 123 cm³/mol. The number of esters is 1. The molecule has 3 rings (SSSR count). The van der Waals surface area contributed by atoms with E-state index in [1.807, 2.05) is 33.0 Å². The first kappa shape index (κ1) is 22.6. The lowest BCUT2D eigenvalue weighted by Crippen LogP contribution is -2.29. The molecule has 0 spiro atoms. The molecule has 0 unspecified atom stereocenters. The van der Waals surface area contributed by atoms with Crippen LogP contribution in [0.5, 0.6) is 0 Å². The van der Waals surface area contributed by atoms with Gasteiger partial charge in [0.2, 0.25) is 0 Å². The zero-order chi connectivity index (χ0) is 22.4. The normalized spacial score (nSPS) is 15.5. The van der Waals surface area contributed by atoms with E-state index < -0.39 is 12.1 Å². The molecule has 31 heavy (non-hydrogen) atoms. The molecular formula is C24H32N4O3. The number of carbonyl (C=O) groups is 2. The van der Waals surface area contributed by atoms with Gasteiger partial charge in [-0.1, -0.05) is 25.0 Å². The monoisotopic (exact) mass is 424 g/mol. The highest BCUT2D eigenvalue weighted by atomic mass is 16.5. The van der Waals surface area contributed by atoms with Gasteiger partial charge < -0.3 is 15.0 Å². The van der Waals surface area contributed by atoms with Gasteiger partial charge in [-0.15, -0.1) is 0 Å². The molecule has 1 atom stereocenters. The molecule has 0 bridgehead atoms. The van der Waals surface area contributed by atoms with Crippen molar-refractivity contribution in [2.75, 3.05) is 23.3 Å². The molecule has 1 aliphatic heterocycles. The average Bonchev–Trinajstić information content (AvgIpc) is 2.95. The second-order valence-electron chi connectivity index (χ2n) is 8.06. The molecule has 0 saturated carbocycles. The van der Waals surface area contributed by atoms with E-state index in [2.05, 4.69) is 27.4 Å². The fourth-order valence-electron chi connectivity index (χ4n) is 3.74. The Balaban J connectivity index is 1.52. The predicted octanol–water partition coefficient (Wildman–Crippen LogP) is 4.00. The van der Waals surface area contributed by atoms with Crippen LogP contribution < -0.4 is 10.2 Å². The van der Waals surface area contributed by atoms with Crippen molar-refractivity contribution in [3.05, 3.63) is 47.3 Å². The SMILES string of the molecule is Cc1nn(C)c(C)c1NC(=O)[C@H](C)OC(=O)/C=C/c1ccc(N2CCCCCC2)cc1. The molecule has 1 aliphatic rings. The van der Waals surface area contributed by atoms with Gasteiger partial charge in [0.15, 0.2) is 6.10 Å². The maximum absolute atomic E-state index is 12.4. The summed E-state index contributed by atoms with van der Waals surface area (Å²) < 4.78 is 6.95. The van der Waals surface area contributed by atoms with Crippen LogP contribution in [-0.4, -0.2) is 40.9 Å². The van der Waals surface area contributed by atoms with Crippen molar-refractivity contribution in [3.63, 3.8) is 0 Å². The number of ether oxygens (including phenoxy) is 1. The number of rotatable bonds is 6. The fourth-order valence-corrected chi connectivity index (χ4v) is 3.74. The summed E-state index contributed by atoms with van der Waals surface area (Å²) in [4.78, 5) is 27.0. The first-order valence-electron chi connectivity index (χ1n) is 10.9. The first-order valence-corrected chi connectivity index (χ1v) is 10.9. The fraction of sp³-hybridized carbons (Fsp3) is 0.458. The maximum Gasteiger partial charge on any atom is 0.331 e. The van der Waals surface area contributed by atoms with Crippen molar-refractivity contribution >= 4 is 29.3 Å². The van der Waals surface area contributed by atoms with Crippen LogP contribution in [0, 0.1) is 13.8 Å². The van der Waals surface area contributed by atoms with E-state index in [4.69, 9.17) is 4.74 Å². The van der Waals surface area contributed by atoms with Crippen molar-refractivity contribution in [3.8, 4) is 0 Å². The summed E-state index contributed by atoms with van der Waals surface area (Å²) in [5, 5.41) is 7.06. The number of hydrogen-bond acceptors (Lipinski definition) is 5. The zero-order valence-electron chi connectivity index (χ0n) is 18.9. The molecule has 2 heterocycles. The van der Waals surface area contributed by atoms with E-state index in [1.54, 1.807) is 17.7 Å². The second kappa shape index (κ2) is 10.3.